The van der Waals surface area contributed by atoms with E-state index in [1.807, 2.05) is 6.92 Å². The van der Waals surface area contributed by atoms with Crippen LogP contribution in [-0.4, -0.2) is 22.5 Å². The smallest absolute Gasteiger partial charge is 0.852 e. The Bertz CT molecular complexity index is 273. The van der Waals surface area contributed by atoms with E-state index in [9.17, 15) is 9.67 Å². The first kappa shape index (κ1) is 29.8. The molecule has 0 bridgehead atoms. The van der Waals surface area contributed by atoms with Crippen LogP contribution in [0, 0.1) is 0 Å². The van der Waals surface area contributed by atoms with Crippen LogP contribution in [0.4, 0.5) is 0 Å². The minimum absolute atomic E-state index is 0. The van der Waals surface area contributed by atoms with Crippen LogP contribution >= 0.6 is 7.82 Å². The summed E-state index contributed by atoms with van der Waals surface area (Å²) in [5, 5.41) is 9.90. The largest absolute Gasteiger partial charge is 1.00 e. The van der Waals surface area contributed by atoms with E-state index < -0.39 is 7.82 Å². The van der Waals surface area contributed by atoms with Crippen molar-refractivity contribution in [1.29, 1.82) is 0 Å². The molecule has 0 radical (unpaired) electrons. The topological polar surface area (TPSA) is 99.0 Å². The summed E-state index contributed by atoms with van der Waals surface area (Å²) in [7, 11) is -4.47. The molecule has 8 heteroatoms. The third-order valence-corrected chi connectivity index (χ3v) is 3.61. The minimum Gasteiger partial charge on any atom is -0.852 e. The molecule has 0 aromatic rings. The quantitative estimate of drug-likeness (QED) is 0.154. The maximum Gasteiger partial charge on any atom is 1.00 e. The second-order valence-electron chi connectivity index (χ2n) is 5.79. The fourth-order valence-electron chi connectivity index (χ4n) is 1.75. The van der Waals surface area contributed by atoms with Crippen molar-refractivity contribution >= 4 is 7.82 Å². The third-order valence-electron chi connectivity index (χ3n) is 3.31. The zero-order valence-electron chi connectivity index (χ0n) is 16.0. The van der Waals surface area contributed by atoms with Gasteiger partial charge in [0.25, 0.3) is 0 Å². The van der Waals surface area contributed by atoms with Gasteiger partial charge in [0.2, 0.25) is 0 Å². The molecule has 0 aromatic carbocycles. The molecule has 0 amide bonds. The van der Waals surface area contributed by atoms with Gasteiger partial charge in [-0.1, -0.05) is 85.0 Å². The predicted molar refractivity (Wildman–Crippen MR) is 90.7 cm³/mol. The van der Waals surface area contributed by atoms with Gasteiger partial charge in [0, 0.05) is 0 Å². The van der Waals surface area contributed by atoms with Crippen LogP contribution in [0.3, 0.4) is 0 Å². The first-order valence-corrected chi connectivity index (χ1v) is 10.4. The molecule has 6 nitrogen and oxygen atoms in total. The van der Waals surface area contributed by atoms with E-state index in [-0.39, 0.29) is 42.3 Å². The SMILES string of the molecule is CCC(C)[O-].CCCCCCCCCCCCOOP(=O)(O)O.[Na+]. The van der Waals surface area contributed by atoms with Crippen molar-refractivity contribution in [3.05, 3.63) is 0 Å². The predicted octanol–water partition coefficient (Wildman–Crippen LogP) is 1.10. The maximum atomic E-state index is 10.3. The van der Waals surface area contributed by atoms with Crippen LogP contribution in [0.2, 0.25) is 0 Å². The van der Waals surface area contributed by atoms with Crippen molar-refractivity contribution in [3.63, 3.8) is 0 Å². The fourth-order valence-corrected chi connectivity index (χ4v) is 1.97. The Balaban J connectivity index is -0.000000639. The van der Waals surface area contributed by atoms with Crippen LogP contribution in [0.1, 0.15) is 91.4 Å². The summed E-state index contributed by atoms with van der Waals surface area (Å²) in [6.45, 7) is 6.01. The van der Waals surface area contributed by atoms with Gasteiger partial charge in [-0.15, -0.1) is 10.8 Å². The average molecular weight is 378 g/mol. The monoisotopic (exact) mass is 378 g/mol. The number of rotatable bonds is 14. The standard InChI is InChI=1S/C12H27O5P.C4H9O.Na/c1-2-3-4-5-6-7-8-9-10-11-12-16-17-18(13,14)15;1-3-4(2)5;/h2-12H2,1H3,(H2,13,14,15);4H,3H2,1-2H3;/q;-1;+1. The van der Waals surface area contributed by atoms with E-state index in [4.69, 9.17) is 9.79 Å². The Labute approximate surface area is 170 Å². The summed E-state index contributed by atoms with van der Waals surface area (Å²) in [5.41, 5.74) is 0. The molecule has 0 saturated carbocycles. The van der Waals surface area contributed by atoms with Gasteiger partial charge < -0.3 is 14.9 Å². The Morgan fingerprint density at radius 1 is 0.917 bits per heavy atom. The molecule has 0 aliphatic heterocycles. The third kappa shape index (κ3) is 34.4. The molecule has 0 aliphatic rings. The molecule has 0 heterocycles. The van der Waals surface area contributed by atoms with Crippen LogP contribution in [-0.2, 0) is 14.1 Å². The van der Waals surface area contributed by atoms with E-state index >= 15 is 0 Å². The Kier molecular flexibility index (Phi) is 27.4. The molecule has 0 saturated heterocycles. The zero-order valence-corrected chi connectivity index (χ0v) is 18.9. The van der Waals surface area contributed by atoms with Gasteiger partial charge in [0.05, 0.1) is 6.61 Å². The van der Waals surface area contributed by atoms with Gasteiger partial charge in [-0.05, 0) is 6.42 Å². The molecular weight excluding hydrogens is 342 g/mol. The van der Waals surface area contributed by atoms with Crippen molar-refractivity contribution in [1.82, 2.24) is 0 Å². The molecule has 142 valence electrons. The summed E-state index contributed by atoms with van der Waals surface area (Å²) >= 11 is 0. The first-order valence-electron chi connectivity index (χ1n) is 8.86. The molecule has 1 unspecified atom stereocenters. The van der Waals surface area contributed by atoms with E-state index in [1.165, 1.54) is 44.9 Å². The summed E-state index contributed by atoms with van der Waals surface area (Å²) in [6, 6.07) is 0. The number of hydrogen-bond donors (Lipinski definition) is 2. The van der Waals surface area contributed by atoms with Gasteiger partial charge in [-0.2, -0.15) is 0 Å². The Hall–Kier alpha value is 1.03. The van der Waals surface area contributed by atoms with Crippen molar-refractivity contribution in [2.24, 2.45) is 0 Å². The Morgan fingerprint density at radius 3 is 1.62 bits per heavy atom. The molecule has 0 fully saturated rings. The molecule has 1 atom stereocenters. The van der Waals surface area contributed by atoms with Crippen molar-refractivity contribution < 1.29 is 58.6 Å². The van der Waals surface area contributed by atoms with E-state index in [2.05, 4.69) is 16.5 Å². The van der Waals surface area contributed by atoms with Crippen molar-refractivity contribution in [2.75, 3.05) is 6.61 Å². The number of phosphoric acid groups is 1. The summed E-state index contributed by atoms with van der Waals surface area (Å²) < 4.78 is 14.1. The Morgan fingerprint density at radius 2 is 1.29 bits per heavy atom. The molecule has 0 spiro atoms. The van der Waals surface area contributed by atoms with Crippen molar-refractivity contribution in [3.8, 4) is 0 Å². The van der Waals surface area contributed by atoms with Gasteiger partial charge >= 0.3 is 37.4 Å². The molecule has 24 heavy (non-hydrogen) atoms. The van der Waals surface area contributed by atoms with Crippen LogP contribution in [0.15, 0.2) is 0 Å². The molecular formula is C16H36NaO6P. The fraction of sp³-hybridized carbons (Fsp3) is 1.00. The number of unbranched alkanes of at least 4 members (excludes halogenated alkanes) is 9. The van der Waals surface area contributed by atoms with Gasteiger partial charge in [-0.3, -0.25) is 0 Å². The average Bonchev–Trinajstić information content (AvgIpc) is 2.48. The summed E-state index contributed by atoms with van der Waals surface area (Å²) in [5.74, 6) is 0. The van der Waals surface area contributed by atoms with Crippen LogP contribution in [0.25, 0.3) is 0 Å². The van der Waals surface area contributed by atoms with Crippen LogP contribution < -0.4 is 34.7 Å². The first-order chi connectivity index (χ1) is 10.8. The van der Waals surface area contributed by atoms with Crippen molar-refractivity contribution in [2.45, 2.75) is 97.5 Å². The van der Waals surface area contributed by atoms with E-state index in [0.29, 0.717) is 0 Å². The maximum absolute atomic E-state index is 10.3. The van der Waals surface area contributed by atoms with Gasteiger partial charge in [-0.25, -0.2) is 9.45 Å². The normalized spacial score (nSPS) is 12.1. The zero-order chi connectivity index (χ0) is 18.0. The summed E-state index contributed by atoms with van der Waals surface area (Å²) in [4.78, 5) is 21.1. The minimum atomic E-state index is -4.47. The van der Waals surface area contributed by atoms with Crippen LogP contribution in [0.5, 0.6) is 0 Å². The van der Waals surface area contributed by atoms with Gasteiger partial charge in [0.1, 0.15) is 0 Å². The number of hydrogen-bond acceptors (Lipinski definition) is 4. The second-order valence-corrected chi connectivity index (χ2v) is 6.92. The second kappa shape index (κ2) is 22.1. The molecule has 0 aliphatic carbocycles. The van der Waals surface area contributed by atoms with E-state index in [0.717, 1.165) is 25.7 Å². The molecule has 2 N–H and O–H groups in total. The summed E-state index contributed by atoms with van der Waals surface area (Å²) in [6.07, 6.45) is 12.5. The molecule has 0 aromatic heterocycles. The van der Waals surface area contributed by atoms with E-state index in [1.54, 1.807) is 6.92 Å². The van der Waals surface area contributed by atoms with Gasteiger partial charge in [0.15, 0.2) is 0 Å². The molecule has 0 rings (SSSR count).